The molecule has 0 aromatic heterocycles. The van der Waals surface area contributed by atoms with E-state index in [9.17, 15) is 8.42 Å². The van der Waals surface area contributed by atoms with Crippen LogP contribution in [0.5, 0.6) is 0 Å². The van der Waals surface area contributed by atoms with Gasteiger partial charge in [-0.25, -0.2) is 8.42 Å². The molecule has 0 heterocycles. The molecule has 0 aliphatic carbocycles. The molecule has 9 heavy (non-hydrogen) atoms. The second kappa shape index (κ2) is 2.69. The Kier molecular flexibility index (Phi) is 2.67. The van der Waals surface area contributed by atoms with Gasteiger partial charge in [0.1, 0.15) is 0 Å². The fourth-order valence-electron chi connectivity index (χ4n) is 0.408. The lowest BCUT2D eigenvalue weighted by Crippen LogP contribution is -2.11. The molecule has 0 aromatic carbocycles. The summed E-state index contributed by atoms with van der Waals surface area (Å²) in [5, 5.41) is 0.921. The molecule has 0 aliphatic rings. The summed E-state index contributed by atoms with van der Waals surface area (Å²) in [6, 6.07) is 0. The van der Waals surface area contributed by atoms with E-state index in [-0.39, 0.29) is 0 Å². The maximum Gasteiger partial charge on any atom is 0.163 e. The molecule has 2 radical (unpaired) electrons. The zero-order valence-electron chi connectivity index (χ0n) is 6.22. The highest BCUT2D eigenvalue weighted by atomic mass is 32.2. The first-order valence-electron chi connectivity index (χ1n) is 2.74. The molecular formula is C6H12O2S. The van der Waals surface area contributed by atoms with Crippen molar-refractivity contribution in [2.24, 2.45) is 0 Å². The number of hydrogen-bond donors (Lipinski definition) is 0. The highest BCUT2D eigenvalue weighted by molar-refractivity contribution is 7.96. The van der Waals surface area contributed by atoms with Gasteiger partial charge in [-0.15, -0.1) is 0 Å². The van der Waals surface area contributed by atoms with Crippen LogP contribution in [-0.4, -0.2) is 8.42 Å². The second-order valence-corrected chi connectivity index (χ2v) is 4.96. The van der Waals surface area contributed by atoms with Crippen LogP contribution >= 0.6 is 0 Å². The molecule has 3 heteroatoms. The number of sulfone groups is 1. The third-order valence-electron chi connectivity index (χ3n) is 1.07. The zero-order valence-corrected chi connectivity index (χ0v) is 7.04. The van der Waals surface area contributed by atoms with Crippen LogP contribution in [0.2, 0.25) is 0 Å². The molecule has 0 N–H and O–H groups in total. The van der Waals surface area contributed by atoms with Gasteiger partial charge < -0.3 is 0 Å². The van der Waals surface area contributed by atoms with Gasteiger partial charge >= 0.3 is 0 Å². The van der Waals surface area contributed by atoms with Gasteiger partial charge in [-0.2, -0.15) is 0 Å². The average molecular weight is 148 g/mol. The standard InChI is InChI=1S/C6H12O2S/c1-5(2)9(7,8)6(3)4/h1-4H3. The molecule has 0 fully saturated rings. The molecule has 0 spiro atoms. The van der Waals surface area contributed by atoms with Crippen molar-refractivity contribution in [3.05, 3.63) is 10.5 Å². The first-order chi connectivity index (χ1) is 3.89. The van der Waals surface area contributed by atoms with Crippen molar-refractivity contribution in [1.82, 2.24) is 0 Å². The minimum atomic E-state index is -2.98. The third kappa shape index (κ3) is 1.97. The van der Waals surface area contributed by atoms with E-state index in [0.29, 0.717) is 10.5 Å². The van der Waals surface area contributed by atoms with Gasteiger partial charge in [0, 0.05) is 0 Å². The van der Waals surface area contributed by atoms with Crippen molar-refractivity contribution in [3.63, 3.8) is 0 Å². The molecule has 0 saturated carbocycles. The fourth-order valence-corrected chi connectivity index (χ4v) is 1.22. The topological polar surface area (TPSA) is 34.1 Å². The minimum absolute atomic E-state index is 0.461. The van der Waals surface area contributed by atoms with Crippen LogP contribution in [0.1, 0.15) is 27.7 Å². The van der Waals surface area contributed by atoms with E-state index in [4.69, 9.17) is 0 Å². The molecule has 54 valence electrons. The second-order valence-electron chi connectivity index (χ2n) is 2.32. The van der Waals surface area contributed by atoms with Crippen molar-refractivity contribution in [1.29, 1.82) is 0 Å². The normalized spacial score (nSPS) is 13.1. The van der Waals surface area contributed by atoms with Crippen LogP contribution in [0.4, 0.5) is 0 Å². The van der Waals surface area contributed by atoms with Gasteiger partial charge in [-0.1, -0.05) is 0 Å². The van der Waals surface area contributed by atoms with E-state index in [1.54, 1.807) is 27.7 Å². The van der Waals surface area contributed by atoms with Crippen LogP contribution in [0, 0.1) is 10.5 Å². The Morgan fingerprint density at radius 1 is 0.889 bits per heavy atom. The first kappa shape index (κ1) is 8.95. The van der Waals surface area contributed by atoms with Crippen LogP contribution in [0.25, 0.3) is 0 Å². The molecule has 0 unspecified atom stereocenters. The van der Waals surface area contributed by atoms with Gasteiger partial charge in [-0.05, 0) is 27.7 Å². The van der Waals surface area contributed by atoms with E-state index < -0.39 is 9.84 Å². The molecule has 0 bridgehead atoms. The van der Waals surface area contributed by atoms with Crippen molar-refractivity contribution in [2.75, 3.05) is 0 Å². The maximum atomic E-state index is 11.0. The Morgan fingerprint density at radius 3 is 1.11 bits per heavy atom. The van der Waals surface area contributed by atoms with Crippen LogP contribution in [0.3, 0.4) is 0 Å². The predicted octanol–water partition coefficient (Wildman–Crippen LogP) is 1.54. The first-order valence-corrected chi connectivity index (χ1v) is 4.22. The molecule has 0 aromatic rings. The SMILES string of the molecule is C[C](C)S(=O)(=O)[C](C)C. The lowest BCUT2D eigenvalue weighted by molar-refractivity contribution is 0.597. The molecule has 0 saturated heterocycles. The van der Waals surface area contributed by atoms with Crippen molar-refractivity contribution in [2.45, 2.75) is 27.7 Å². The Hall–Kier alpha value is -0.0500. The highest BCUT2D eigenvalue weighted by Crippen LogP contribution is 2.19. The summed E-state index contributed by atoms with van der Waals surface area (Å²) in [6.07, 6.45) is 0. The van der Waals surface area contributed by atoms with Gasteiger partial charge in [0.15, 0.2) is 9.84 Å². The third-order valence-corrected chi connectivity index (χ3v) is 3.22. The number of rotatable bonds is 2. The minimum Gasteiger partial charge on any atom is -0.228 e. The number of hydrogen-bond acceptors (Lipinski definition) is 2. The molecule has 0 rings (SSSR count). The molecule has 0 aliphatic heterocycles. The fraction of sp³-hybridized carbons (Fsp3) is 0.667. The van der Waals surface area contributed by atoms with E-state index in [2.05, 4.69) is 0 Å². The Balaban J connectivity index is 4.42. The molecule has 0 amide bonds. The lowest BCUT2D eigenvalue weighted by atomic mass is 10.5. The monoisotopic (exact) mass is 148 g/mol. The highest BCUT2D eigenvalue weighted by Gasteiger charge is 2.21. The average Bonchev–Trinajstić information content (AvgIpc) is 1.65. The summed E-state index contributed by atoms with van der Waals surface area (Å²) in [7, 11) is -2.98. The summed E-state index contributed by atoms with van der Waals surface area (Å²) in [4.78, 5) is 0. The van der Waals surface area contributed by atoms with E-state index in [0.717, 1.165) is 0 Å². The van der Waals surface area contributed by atoms with E-state index >= 15 is 0 Å². The molecule has 0 atom stereocenters. The Bertz CT molecular complexity index is 151. The van der Waals surface area contributed by atoms with E-state index in [1.165, 1.54) is 0 Å². The molecule has 2 nitrogen and oxygen atoms in total. The molecular weight excluding hydrogens is 136 g/mol. The summed E-state index contributed by atoms with van der Waals surface area (Å²) >= 11 is 0. The van der Waals surface area contributed by atoms with Crippen LogP contribution in [-0.2, 0) is 9.84 Å². The van der Waals surface area contributed by atoms with Crippen molar-refractivity contribution in [3.8, 4) is 0 Å². The van der Waals surface area contributed by atoms with Gasteiger partial charge in [-0.3, -0.25) is 0 Å². The van der Waals surface area contributed by atoms with Crippen molar-refractivity contribution < 1.29 is 8.42 Å². The maximum absolute atomic E-state index is 11.0. The quantitative estimate of drug-likeness (QED) is 0.595. The predicted molar refractivity (Wildman–Crippen MR) is 38.1 cm³/mol. The summed E-state index contributed by atoms with van der Waals surface area (Å²) < 4.78 is 21.9. The summed E-state index contributed by atoms with van der Waals surface area (Å²) in [5.41, 5.74) is 0. The lowest BCUT2D eigenvalue weighted by Gasteiger charge is -2.07. The smallest absolute Gasteiger partial charge is 0.163 e. The van der Waals surface area contributed by atoms with Gasteiger partial charge in [0.2, 0.25) is 0 Å². The Morgan fingerprint density at radius 2 is 1.11 bits per heavy atom. The van der Waals surface area contributed by atoms with Crippen LogP contribution < -0.4 is 0 Å². The Labute approximate surface area is 57.2 Å². The van der Waals surface area contributed by atoms with Crippen LogP contribution in [0.15, 0.2) is 0 Å². The zero-order chi connectivity index (χ0) is 7.65. The van der Waals surface area contributed by atoms with E-state index in [1.807, 2.05) is 0 Å². The summed E-state index contributed by atoms with van der Waals surface area (Å²) in [5.74, 6) is 0. The summed E-state index contributed by atoms with van der Waals surface area (Å²) in [6.45, 7) is 6.40. The van der Waals surface area contributed by atoms with Gasteiger partial charge in [0.25, 0.3) is 0 Å². The van der Waals surface area contributed by atoms with Gasteiger partial charge in [0.05, 0.1) is 10.5 Å². The van der Waals surface area contributed by atoms with Crippen molar-refractivity contribution >= 4 is 9.84 Å². The largest absolute Gasteiger partial charge is 0.228 e.